The first-order chi connectivity index (χ1) is 9.54. The summed E-state index contributed by atoms with van der Waals surface area (Å²) < 4.78 is 0. The van der Waals surface area contributed by atoms with Crippen molar-refractivity contribution >= 4 is 29.3 Å². The van der Waals surface area contributed by atoms with Crippen molar-refractivity contribution < 1.29 is 4.79 Å². The van der Waals surface area contributed by atoms with E-state index in [1.54, 1.807) is 0 Å². The summed E-state index contributed by atoms with van der Waals surface area (Å²) in [7, 11) is 0. The van der Waals surface area contributed by atoms with Gasteiger partial charge in [0.1, 0.15) is 6.17 Å². The van der Waals surface area contributed by atoms with E-state index in [9.17, 15) is 4.79 Å². The van der Waals surface area contributed by atoms with Crippen molar-refractivity contribution in [2.75, 3.05) is 12.0 Å². The molecule has 3 unspecified atom stereocenters. The van der Waals surface area contributed by atoms with Crippen LogP contribution in [-0.4, -0.2) is 34.9 Å². The van der Waals surface area contributed by atoms with E-state index in [0.29, 0.717) is 5.02 Å². The van der Waals surface area contributed by atoms with Gasteiger partial charge in [-0.25, -0.2) is 0 Å². The maximum Gasteiger partial charge on any atom is 0.241 e. The summed E-state index contributed by atoms with van der Waals surface area (Å²) in [6.45, 7) is 4.04. The van der Waals surface area contributed by atoms with E-state index in [-0.39, 0.29) is 24.2 Å². The molecule has 3 atom stereocenters. The molecule has 1 aromatic rings. The van der Waals surface area contributed by atoms with E-state index in [4.69, 9.17) is 11.6 Å². The van der Waals surface area contributed by atoms with Crippen molar-refractivity contribution in [2.45, 2.75) is 38.5 Å². The molecule has 1 aromatic carbocycles. The number of halogens is 1. The Balaban J connectivity index is 2.21. The summed E-state index contributed by atoms with van der Waals surface area (Å²) in [6.07, 6.45) is 3.05. The van der Waals surface area contributed by atoms with Gasteiger partial charge in [0.05, 0.1) is 6.04 Å². The number of nitrogens with zero attached hydrogens (tertiary/aromatic N) is 1. The molecule has 5 heteroatoms. The van der Waals surface area contributed by atoms with Crippen LogP contribution in [0.15, 0.2) is 24.3 Å². The molecule has 20 heavy (non-hydrogen) atoms. The molecule has 1 N–H and O–H groups in total. The molecular weight excluding hydrogens is 292 g/mol. The van der Waals surface area contributed by atoms with Crippen molar-refractivity contribution in [1.29, 1.82) is 0 Å². The molecule has 0 aliphatic carbocycles. The lowest BCUT2D eigenvalue weighted by Crippen LogP contribution is -2.38. The maximum absolute atomic E-state index is 12.4. The first kappa shape index (κ1) is 15.7. The SMILES string of the molecule is CSCCC(C)N1C(=O)C(C)NC1c1ccc(Cl)cc1. The number of thioether (sulfide) groups is 1. The summed E-state index contributed by atoms with van der Waals surface area (Å²) in [4.78, 5) is 14.4. The first-order valence-corrected chi connectivity index (χ1v) is 8.64. The first-order valence-electron chi connectivity index (χ1n) is 6.87. The highest BCUT2D eigenvalue weighted by Gasteiger charge is 2.39. The average Bonchev–Trinajstić information content (AvgIpc) is 2.73. The highest BCUT2D eigenvalue weighted by molar-refractivity contribution is 7.98. The van der Waals surface area contributed by atoms with Gasteiger partial charge in [0.2, 0.25) is 5.91 Å². The predicted molar refractivity (Wildman–Crippen MR) is 86.1 cm³/mol. The molecule has 1 saturated heterocycles. The fourth-order valence-electron chi connectivity index (χ4n) is 2.54. The number of benzene rings is 1. The van der Waals surface area contributed by atoms with Crippen LogP contribution in [0.25, 0.3) is 0 Å². The molecule has 0 saturated carbocycles. The van der Waals surface area contributed by atoms with E-state index in [1.807, 2.05) is 47.9 Å². The molecular formula is C15H21ClN2OS. The van der Waals surface area contributed by atoms with Gasteiger partial charge >= 0.3 is 0 Å². The van der Waals surface area contributed by atoms with Gasteiger partial charge in [-0.15, -0.1) is 0 Å². The fraction of sp³-hybridized carbons (Fsp3) is 0.533. The van der Waals surface area contributed by atoms with Crippen LogP contribution >= 0.6 is 23.4 Å². The zero-order chi connectivity index (χ0) is 14.7. The predicted octanol–water partition coefficient (Wildman–Crippen LogP) is 3.30. The van der Waals surface area contributed by atoms with Gasteiger partial charge < -0.3 is 4.90 Å². The van der Waals surface area contributed by atoms with Gasteiger partial charge in [-0.1, -0.05) is 23.7 Å². The topological polar surface area (TPSA) is 32.3 Å². The van der Waals surface area contributed by atoms with Crippen LogP contribution in [0.2, 0.25) is 5.02 Å². The third-order valence-electron chi connectivity index (χ3n) is 3.71. The lowest BCUT2D eigenvalue weighted by atomic mass is 10.1. The summed E-state index contributed by atoms with van der Waals surface area (Å²) in [5, 5.41) is 4.09. The second-order valence-electron chi connectivity index (χ2n) is 5.22. The van der Waals surface area contributed by atoms with Crippen molar-refractivity contribution in [3.05, 3.63) is 34.9 Å². The molecule has 2 rings (SSSR count). The third-order valence-corrected chi connectivity index (χ3v) is 4.61. The second-order valence-corrected chi connectivity index (χ2v) is 6.64. The Labute approximate surface area is 130 Å². The Morgan fingerprint density at radius 2 is 2.05 bits per heavy atom. The number of hydrogen-bond donors (Lipinski definition) is 1. The number of carbonyl (C=O) groups excluding carboxylic acids is 1. The minimum absolute atomic E-state index is 0.0494. The molecule has 3 nitrogen and oxygen atoms in total. The number of nitrogens with one attached hydrogen (secondary N) is 1. The van der Waals surface area contributed by atoms with Crippen LogP contribution in [-0.2, 0) is 4.79 Å². The van der Waals surface area contributed by atoms with Crippen molar-refractivity contribution in [2.24, 2.45) is 0 Å². The van der Waals surface area contributed by atoms with Crippen LogP contribution in [0.5, 0.6) is 0 Å². The van der Waals surface area contributed by atoms with Gasteiger partial charge in [0.15, 0.2) is 0 Å². The highest BCUT2D eigenvalue weighted by Crippen LogP contribution is 2.29. The Kier molecular flexibility index (Phi) is 5.35. The molecule has 0 aromatic heterocycles. The summed E-state index contributed by atoms with van der Waals surface area (Å²) >= 11 is 7.75. The summed E-state index contributed by atoms with van der Waals surface area (Å²) in [5.41, 5.74) is 1.09. The molecule has 1 aliphatic heterocycles. The summed E-state index contributed by atoms with van der Waals surface area (Å²) in [5.74, 6) is 1.24. The van der Waals surface area contributed by atoms with Crippen molar-refractivity contribution in [3.63, 3.8) is 0 Å². The molecule has 1 amide bonds. The standard InChI is InChI=1S/C15H21ClN2OS/c1-10(8-9-20-3)18-14(17-11(2)15(18)19)12-4-6-13(16)7-5-12/h4-7,10-11,14,17H,8-9H2,1-3H3. The molecule has 110 valence electrons. The molecule has 0 radical (unpaired) electrons. The van der Waals surface area contributed by atoms with Gasteiger partial charge in [-0.3, -0.25) is 10.1 Å². The molecule has 0 bridgehead atoms. The van der Waals surface area contributed by atoms with Crippen LogP contribution < -0.4 is 5.32 Å². The number of amides is 1. The normalized spacial score (nSPS) is 24.2. The Bertz CT molecular complexity index is 465. The van der Waals surface area contributed by atoms with Crippen molar-refractivity contribution in [1.82, 2.24) is 10.2 Å². The Morgan fingerprint density at radius 3 is 2.65 bits per heavy atom. The van der Waals surface area contributed by atoms with Crippen molar-refractivity contribution in [3.8, 4) is 0 Å². The van der Waals surface area contributed by atoms with E-state index in [1.165, 1.54) is 0 Å². The molecule has 1 heterocycles. The van der Waals surface area contributed by atoms with Gasteiger partial charge in [0, 0.05) is 11.1 Å². The van der Waals surface area contributed by atoms with Crippen LogP contribution in [0.1, 0.15) is 32.0 Å². The summed E-state index contributed by atoms with van der Waals surface area (Å²) in [6, 6.07) is 7.81. The van der Waals surface area contributed by atoms with E-state index >= 15 is 0 Å². The Morgan fingerprint density at radius 1 is 1.40 bits per heavy atom. The van der Waals surface area contributed by atoms with Crippen LogP contribution in [0.4, 0.5) is 0 Å². The zero-order valence-corrected chi connectivity index (χ0v) is 13.7. The largest absolute Gasteiger partial charge is 0.319 e. The molecule has 1 fully saturated rings. The van der Waals surface area contributed by atoms with Crippen LogP contribution in [0.3, 0.4) is 0 Å². The number of carbonyl (C=O) groups is 1. The highest BCUT2D eigenvalue weighted by atomic mass is 35.5. The monoisotopic (exact) mass is 312 g/mol. The molecule has 1 aliphatic rings. The second kappa shape index (κ2) is 6.83. The van der Waals surface area contributed by atoms with Gasteiger partial charge in [-0.05, 0) is 50.0 Å². The number of rotatable bonds is 5. The third kappa shape index (κ3) is 3.30. The average molecular weight is 313 g/mol. The maximum atomic E-state index is 12.4. The number of hydrogen-bond acceptors (Lipinski definition) is 3. The minimum Gasteiger partial charge on any atom is -0.319 e. The zero-order valence-electron chi connectivity index (χ0n) is 12.1. The smallest absolute Gasteiger partial charge is 0.241 e. The van der Waals surface area contributed by atoms with E-state index in [0.717, 1.165) is 17.7 Å². The fourth-order valence-corrected chi connectivity index (χ4v) is 3.24. The molecule has 0 spiro atoms. The quantitative estimate of drug-likeness (QED) is 0.905. The lowest BCUT2D eigenvalue weighted by molar-refractivity contribution is -0.131. The lowest BCUT2D eigenvalue weighted by Gasteiger charge is -2.30. The minimum atomic E-state index is -0.132. The van der Waals surface area contributed by atoms with E-state index < -0.39 is 0 Å². The van der Waals surface area contributed by atoms with E-state index in [2.05, 4.69) is 18.5 Å². The van der Waals surface area contributed by atoms with Crippen LogP contribution in [0, 0.1) is 0 Å². The van der Waals surface area contributed by atoms with Gasteiger partial charge in [0.25, 0.3) is 0 Å². The Hall–Kier alpha value is -0.710. The van der Waals surface area contributed by atoms with Gasteiger partial charge in [-0.2, -0.15) is 11.8 Å².